The van der Waals surface area contributed by atoms with E-state index in [0.29, 0.717) is 19.0 Å². The molecule has 0 aliphatic carbocycles. The summed E-state index contributed by atoms with van der Waals surface area (Å²) in [6.45, 7) is 3.07. The molecule has 1 heterocycles. The van der Waals surface area contributed by atoms with Crippen LogP contribution in [0.25, 0.3) is 0 Å². The average molecular weight is 282 g/mol. The van der Waals surface area contributed by atoms with Crippen LogP contribution >= 0.6 is 0 Å². The lowest BCUT2D eigenvalue weighted by atomic mass is 10.0. The number of benzene rings is 1. The van der Waals surface area contributed by atoms with Gasteiger partial charge in [-0.2, -0.15) is 4.31 Å². The van der Waals surface area contributed by atoms with E-state index in [0.717, 1.165) is 12.8 Å². The maximum atomic E-state index is 12.4. The molecular weight excluding hydrogens is 266 g/mol. The molecule has 1 aliphatic heterocycles. The highest BCUT2D eigenvalue weighted by Crippen LogP contribution is 2.23. The summed E-state index contributed by atoms with van der Waals surface area (Å²) in [5, 5.41) is 10.6. The number of sulfonamides is 1. The molecule has 0 spiro atoms. The molecule has 104 valence electrons. The molecule has 1 fully saturated rings. The Morgan fingerprint density at radius 1 is 1.32 bits per heavy atom. The number of hydrogen-bond acceptors (Lipinski definition) is 4. The normalized spacial score (nSPS) is 21.2. The van der Waals surface area contributed by atoms with Crippen LogP contribution in [0.5, 0.6) is 0 Å². The van der Waals surface area contributed by atoms with Crippen LogP contribution in [0.1, 0.15) is 30.1 Å². The molecule has 0 bridgehead atoms. The third-order valence-corrected chi connectivity index (χ3v) is 5.23. The molecule has 19 heavy (non-hydrogen) atoms. The molecule has 1 aromatic carbocycles. The largest absolute Gasteiger partial charge is 0.545 e. The van der Waals surface area contributed by atoms with Gasteiger partial charge in [-0.15, -0.1) is 0 Å². The van der Waals surface area contributed by atoms with E-state index in [4.69, 9.17) is 0 Å². The van der Waals surface area contributed by atoms with Crippen molar-refractivity contribution in [2.75, 3.05) is 13.1 Å². The lowest BCUT2D eigenvalue weighted by Crippen LogP contribution is -2.39. The number of carboxylic acids is 1. The van der Waals surface area contributed by atoms with Crippen LogP contribution in [0.15, 0.2) is 29.2 Å². The number of carbonyl (C=O) groups excluding carboxylic acids is 1. The van der Waals surface area contributed by atoms with Crippen molar-refractivity contribution in [1.29, 1.82) is 0 Å². The first-order valence-corrected chi connectivity index (χ1v) is 7.67. The molecular formula is C13H16NO4S-. The first-order valence-electron chi connectivity index (χ1n) is 6.23. The van der Waals surface area contributed by atoms with E-state index in [2.05, 4.69) is 0 Å². The summed E-state index contributed by atoms with van der Waals surface area (Å²) in [6.07, 6.45) is 1.90. The summed E-state index contributed by atoms with van der Waals surface area (Å²) >= 11 is 0. The SMILES string of the molecule is C[C@@H]1CCCN(S(=O)(=O)c2ccc(C(=O)[O-])cc2)C1. The van der Waals surface area contributed by atoms with Crippen LogP contribution in [0.2, 0.25) is 0 Å². The molecule has 0 saturated carbocycles. The molecule has 0 amide bonds. The maximum absolute atomic E-state index is 12.4. The monoisotopic (exact) mass is 282 g/mol. The highest BCUT2D eigenvalue weighted by molar-refractivity contribution is 7.89. The second kappa shape index (κ2) is 5.30. The van der Waals surface area contributed by atoms with Gasteiger partial charge in [-0.3, -0.25) is 0 Å². The van der Waals surface area contributed by atoms with Gasteiger partial charge in [0.1, 0.15) is 0 Å². The van der Waals surface area contributed by atoms with Gasteiger partial charge < -0.3 is 9.90 Å². The summed E-state index contributed by atoms with van der Waals surface area (Å²) < 4.78 is 26.2. The van der Waals surface area contributed by atoms with E-state index < -0.39 is 16.0 Å². The molecule has 0 N–H and O–H groups in total. The molecule has 1 aliphatic rings. The Balaban J connectivity index is 2.26. The standard InChI is InChI=1S/C13H17NO4S/c1-10-3-2-8-14(9-10)19(17,18)12-6-4-11(5-7-12)13(15)16/h4-7,10H,2-3,8-9H2,1H3,(H,15,16)/p-1/t10-/m1/s1. The van der Waals surface area contributed by atoms with Gasteiger partial charge in [0.25, 0.3) is 0 Å². The second-order valence-electron chi connectivity index (χ2n) is 4.92. The zero-order valence-corrected chi connectivity index (χ0v) is 11.5. The number of hydrogen-bond donors (Lipinski definition) is 0. The Labute approximate surface area is 112 Å². The lowest BCUT2D eigenvalue weighted by molar-refractivity contribution is -0.255. The number of rotatable bonds is 3. The zero-order valence-electron chi connectivity index (χ0n) is 10.7. The van der Waals surface area contributed by atoms with Crippen molar-refractivity contribution in [3.8, 4) is 0 Å². The minimum Gasteiger partial charge on any atom is -0.545 e. The van der Waals surface area contributed by atoms with Crippen molar-refractivity contribution in [1.82, 2.24) is 4.31 Å². The van der Waals surface area contributed by atoms with Gasteiger partial charge in [0.15, 0.2) is 0 Å². The number of carbonyl (C=O) groups is 1. The van der Waals surface area contributed by atoms with Crippen molar-refractivity contribution in [2.45, 2.75) is 24.7 Å². The minimum atomic E-state index is -3.52. The van der Waals surface area contributed by atoms with E-state index in [1.165, 1.54) is 28.6 Å². The molecule has 5 nitrogen and oxygen atoms in total. The van der Waals surface area contributed by atoms with E-state index in [9.17, 15) is 18.3 Å². The Hall–Kier alpha value is -1.40. The first-order chi connectivity index (χ1) is 8.91. The van der Waals surface area contributed by atoms with Gasteiger partial charge in [-0.1, -0.05) is 19.1 Å². The van der Waals surface area contributed by atoms with Crippen molar-refractivity contribution in [2.24, 2.45) is 5.92 Å². The van der Waals surface area contributed by atoms with E-state index in [-0.39, 0.29) is 10.5 Å². The maximum Gasteiger partial charge on any atom is 0.243 e. The van der Waals surface area contributed by atoms with E-state index in [1.54, 1.807) is 0 Å². The van der Waals surface area contributed by atoms with E-state index in [1.807, 2.05) is 6.92 Å². The third kappa shape index (κ3) is 2.96. The van der Waals surface area contributed by atoms with Crippen LogP contribution in [-0.4, -0.2) is 31.8 Å². The Morgan fingerprint density at radius 3 is 2.47 bits per heavy atom. The van der Waals surface area contributed by atoms with Crippen LogP contribution in [-0.2, 0) is 10.0 Å². The van der Waals surface area contributed by atoms with Gasteiger partial charge in [-0.25, -0.2) is 8.42 Å². The average Bonchev–Trinajstić information content (AvgIpc) is 2.39. The van der Waals surface area contributed by atoms with Crippen LogP contribution in [0.4, 0.5) is 0 Å². The van der Waals surface area contributed by atoms with Gasteiger partial charge in [0.2, 0.25) is 10.0 Å². The first kappa shape index (κ1) is 14.0. The van der Waals surface area contributed by atoms with Gasteiger partial charge >= 0.3 is 0 Å². The lowest BCUT2D eigenvalue weighted by Gasteiger charge is -2.30. The number of nitrogens with zero attached hydrogens (tertiary/aromatic N) is 1. The predicted molar refractivity (Wildman–Crippen MR) is 67.9 cm³/mol. The molecule has 0 unspecified atom stereocenters. The fraction of sp³-hybridized carbons (Fsp3) is 0.462. The molecule has 1 saturated heterocycles. The Bertz CT molecular complexity index is 565. The van der Waals surface area contributed by atoms with Crippen LogP contribution in [0.3, 0.4) is 0 Å². The summed E-state index contributed by atoms with van der Waals surface area (Å²) in [6, 6.07) is 5.16. The Kier molecular flexibility index (Phi) is 3.91. The topological polar surface area (TPSA) is 77.5 Å². The summed E-state index contributed by atoms with van der Waals surface area (Å²) in [7, 11) is -3.52. The molecule has 0 aromatic heterocycles. The fourth-order valence-electron chi connectivity index (χ4n) is 2.28. The molecule has 1 aromatic rings. The Morgan fingerprint density at radius 2 is 1.95 bits per heavy atom. The van der Waals surface area contributed by atoms with Crippen LogP contribution < -0.4 is 5.11 Å². The van der Waals surface area contributed by atoms with Gasteiger partial charge in [0, 0.05) is 13.1 Å². The molecule has 0 radical (unpaired) electrons. The van der Waals surface area contributed by atoms with Crippen molar-refractivity contribution >= 4 is 16.0 Å². The number of carboxylic acid groups (broad SMARTS) is 1. The number of aromatic carboxylic acids is 1. The summed E-state index contributed by atoms with van der Waals surface area (Å²) in [4.78, 5) is 10.8. The fourth-order valence-corrected chi connectivity index (χ4v) is 3.88. The van der Waals surface area contributed by atoms with Crippen molar-refractivity contribution < 1.29 is 18.3 Å². The minimum absolute atomic E-state index is 0.0223. The third-order valence-electron chi connectivity index (χ3n) is 3.35. The molecule has 6 heteroatoms. The van der Waals surface area contributed by atoms with Crippen molar-refractivity contribution in [3.63, 3.8) is 0 Å². The highest BCUT2D eigenvalue weighted by Gasteiger charge is 2.28. The van der Waals surface area contributed by atoms with Gasteiger partial charge in [0.05, 0.1) is 10.9 Å². The highest BCUT2D eigenvalue weighted by atomic mass is 32.2. The number of piperidine rings is 1. The zero-order chi connectivity index (χ0) is 14.0. The van der Waals surface area contributed by atoms with E-state index >= 15 is 0 Å². The second-order valence-corrected chi connectivity index (χ2v) is 6.86. The summed E-state index contributed by atoms with van der Waals surface area (Å²) in [5.74, 6) is -0.957. The smallest absolute Gasteiger partial charge is 0.243 e. The molecule has 2 rings (SSSR count). The van der Waals surface area contributed by atoms with Crippen molar-refractivity contribution in [3.05, 3.63) is 29.8 Å². The van der Waals surface area contributed by atoms with Crippen LogP contribution in [0, 0.1) is 5.92 Å². The quantitative estimate of drug-likeness (QED) is 0.807. The predicted octanol–water partition coefficient (Wildman–Crippen LogP) is 0.471. The summed E-state index contributed by atoms with van der Waals surface area (Å²) in [5.41, 5.74) is -0.0223. The van der Waals surface area contributed by atoms with Gasteiger partial charge in [-0.05, 0) is 36.5 Å². The molecule has 1 atom stereocenters.